The van der Waals surface area contributed by atoms with Crippen LogP contribution in [0.3, 0.4) is 0 Å². The van der Waals surface area contributed by atoms with Crippen LogP contribution in [0.15, 0.2) is 18.2 Å². The maximum atomic E-state index is 11.5. The molecule has 1 aliphatic rings. The highest BCUT2D eigenvalue weighted by Crippen LogP contribution is 2.21. The van der Waals surface area contributed by atoms with Gasteiger partial charge in [-0.3, -0.25) is 9.59 Å². The molecule has 0 N–H and O–H groups in total. The summed E-state index contributed by atoms with van der Waals surface area (Å²) in [5.41, 5.74) is 1.47. The molecule has 5 nitrogen and oxygen atoms in total. The first kappa shape index (κ1) is 13.7. The second-order valence-corrected chi connectivity index (χ2v) is 4.58. The molecule has 1 aromatic rings. The number of carbonyl (C=O) groups excluding carboxylic acids is 2. The third-order valence-electron chi connectivity index (χ3n) is 3.10. The highest BCUT2D eigenvalue weighted by molar-refractivity contribution is 5.81. The van der Waals surface area contributed by atoms with Crippen molar-refractivity contribution >= 4 is 12.1 Å². The number of hydrogen-bond acceptors (Lipinski definition) is 5. The van der Waals surface area contributed by atoms with Crippen molar-refractivity contribution in [1.29, 1.82) is 0 Å². The van der Waals surface area contributed by atoms with Gasteiger partial charge in [0, 0.05) is 5.56 Å². The van der Waals surface area contributed by atoms with E-state index >= 15 is 0 Å². The van der Waals surface area contributed by atoms with Gasteiger partial charge in [0.05, 0.1) is 19.8 Å². The molecule has 1 aromatic carbocycles. The minimum atomic E-state index is -0.376. The molecule has 5 heteroatoms. The maximum absolute atomic E-state index is 11.5. The first-order chi connectivity index (χ1) is 9.11. The number of nitrogens with zero attached hydrogens (tertiary/aromatic N) is 1. The van der Waals surface area contributed by atoms with Crippen LogP contribution in [0.4, 0.5) is 0 Å². The van der Waals surface area contributed by atoms with Gasteiger partial charge in [-0.15, -0.1) is 5.06 Å². The number of ether oxygens (including phenoxy) is 1. The second-order valence-electron chi connectivity index (χ2n) is 4.58. The average molecular weight is 263 g/mol. The fourth-order valence-corrected chi connectivity index (χ4v) is 1.99. The molecule has 0 aliphatic carbocycles. The molecule has 102 valence electrons. The van der Waals surface area contributed by atoms with Crippen LogP contribution < -0.4 is 4.84 Å². The molecule has 1 saturated heterocycles. The standard InChI is InChI=1S/C14H17NO4/c1-10-7-12(8-16)3-4-14(10)19-15-5-6-18-9-13(15)11(2)17/h3-4,7-8,13H,5-6,9H2,1-2H3. The lowest BCUT2D eigenvalue weighted by molar-refractivity contribution is -0.169. The lowest BCUT2D eigenvalue weighted by Gasteiger charge is -2.33. The SMILES string of the molecule is CC(=O)C1COCCN1Oc1ccc(C=O)cc1C. The van der Waals surface area contributed by atoms with Crippen LogP contribution in [0.2, 0.25) is 0 Å². The molecule has 0 aromatic heterocycles. The predicted octanol–water partition coefficient (Wildman–Crippen LogP) is 1.39. The first-order valence-corrected chi connectivity index (χ1v) is 6.20. The largest absolute Gasteiger partial charge is 0.405 e. The molecule has 19 heavy (non-hydrogen) atoms. The monoisotopic (exact) mass is 263 g/mol. The summed E-state index contributed by atoms with van der Waals surface area (Å²) < 4.78 is 5.29. The third-order valence-corrected chi connectivity index (χ3v) is 3.10. The van der Waals surface area contributed by atoms with Gasteiger partial charge in [0.2, 0.25) is 0 Å². The number of ketones is 1. The Labute approximate surface area is 112 Å². The van der Waals surface area contributed by atoms with Gasteiger partial charge in [-0.2, -0.15) is 0 Å². The van der Waals surface area contributed by atoms with Gasteiger partial charge in [-0.1, -0.05) is 0 Å². The molecule has 0 spiro atoms. The van der Waals surface area contributed by atoms with E-state index in [-0.39, 0.29) is 11.8 Å². The molecule has 0 amide bonds. The lowest BCUT2D eigenvalue weighted by Crippen LogP contribution is -2.50. The van der Waals surface area contributed by atoms with Gasteiger partial charge in [-0.05, 0) is 37.6 Å². The van der Waals surface area contributed by atoms with E-state index in [1.165, 1.54) is 6.92 Å². The highest BCUT2D eigenvalue weighted by Gasteiger charge is 2.28. The van der Waals surface area contributed by atoms with E-state index < -0.39 is 0 Å². The Morgan fingerprint density at radius 3 is 2.95 bits per heavy atom. The normalized spacial score (nSPS) is 20.0. The zero-order valence-electron chi connectivity index (χ0n) is 11.1. The van der Waals surface area contributed by atoms with Crippen LogP contribution in [0.25, 0.3) is 0 Å². The van der Waals surface area contributed by atoms with Gasteiger partial charge in [-0.25, -0.2) is 0 Å². The Morgan fingerprint density at radius 1 is 1.53 bits per heavy atom. The quantitative estimate of drug-likeness (QED) is 0.768. The second kappa shape index (κ2) is 5.95. The van der Waals surface area contributed by atoms with Crippen molar-refractivity contribution in [2.45, 2.75) is 19.9 Å². The van der Waals surface area contributed by atoms with E-state index in [9.17, 15) is 9.59 Å². The molecular weight excluding hydrogens is 246 g/mol. The summed E-state index contributed by atoms with van der Waals surface area (Å²) in [5.74, 6) is 0.667. The summed E-state index contributed by atoms with van der Waals surface area (Å²) in [7, 11) is 0. The average Bonchev–Trinajstić information content (AvgIpc) is 2.41. The Bertz CT molecular complexity index is 486. The topological polar surface area (TPSA) is 55.8 Å². The van der Waals surface area contributed by atoms with Crippen molar-refractivity contribution in [2.75, 3.05) is 19.8 Å². The number of benzene rings is 1. The Hall–Kier alpha value is -1.72. The molecule has 0 saturated carbocycles. The van der Waals surface area contributed by atoms with Crippen LogP contribution in [0.1, 0.15) is 22.8 Å². The summed E-state index contributed by atoms with van der Waals surface area (Å²) >= 11 is 0. The first-order valence-electron chi connectivity index (χ1n) is 6.20. The zero-order chi connectivity index (χ0) is 13.8. The maximum Gasteiger partial charge on any atom is 0.152 e. The number of hydrogen-bond donors (Lipinski definition) is 0. The number of aldehydes is 1. The van der Waals surface area contributed by atoms with Crippen molar-refractivity contribution in [3.05, 3.63) is 29.3 Å². The van der Waals surface area contributed by atoms with Gasteiger partial charge >= 0.3 is 0 Å². The molecule has 0 bridgehead atoms. The van der Waals surface area contributed by atoms with Crippen LogP contribution in [0, 0.1) is 6.92 Å². The number of carbonyl (C=O) groups is 2. The van der Waals surface area contributed by atoms with E-state index in [2.05, 4.69) is 0 Å². The van der Waals surface area contributed by atoms with E-state index in [0.717, 1.165) is 11.8 Å². The van der Waals surface area contributed by atoms with Crippen LogP contribution in [-0.4, -0.2) is 42.9 Å². The van der Waals surface area contributed by atoms with Gasteiger partial charge in [0.25, 0.3) is 0 Å². The molecule has 1 aliphatic heterocycles. The van der Waals surface area contributed by atoms with Crippen molar-refractivity contribution < 1.29 is 19.2 Å². The van der Waals surface area contributed by atoms with Crippen molar-refractivity contribution in [1.82, 2.24) is 5.06 Å². The number of aryl methyl sites for hydroxylation is 1. The smallest absolute Gasteiger partial charge is 0.152 e. The van der Waals surface area contributed by atoms with E-state index in [0.29, 0.717) is 31.1 Å². The fourth-order valence-electron chi connectivity index (χ4n) is 1.99. The van der Waals surface area contributed by atoms with Crippen LogP contribution in [-0.2, 0) is 9.53 Å². The molecular formula is C14H17NO4. The van der Waals surface area contributed by atoms with Crippen molar-refractivity contribution in [2.24, 2.45) is 0 Å². The highest BCUT2D eigenvalue weighted by atomic mass is 16.7. The summed E-state index contributed by atoms with van der Waals surface area (Å²) in [6.07, 6.45) is 0.796. The molecule has 1 unspecified atom stereocenters. The number of hydroxylamine groups is 2. The minimum Gasteiger partial charge on any atom is -0.405 e. The van der Waals surface area contributed by atoms with Crippen LogP contribution >= 0.6 is 0 Å². The molecule has 1 heterocycles. The van der Waals surface area contributed by atoms with E-state index in [1.807, 2.05) is 6.92 Å². The Kier molecular flexibility index (Phi) is 4.29. The predicted molar refractivity (Wildman–Crippen MR) is 69.2 cm³/mol. The Morgan fingerprint density at radius 2 is 2.32 bits per heavy atom. The molecule has 1 fully saturated rings. The van der Waals surface area contributed by atoms with E-state index in [4.69, 9.17) is 9.57 Å². The summed E-state index contributed by atoms with van der Waals surface area (Å²) in [6.45, 7) is 4.82. The number of rotatable bonds is 4. The zero-order valence-corrected chi connectivity index (χ0v) is 11.1. The minimum absolute atomic E-state index is 0.0156. The van der Waals surface area contributed by atoms with Crippen molar-refractivity contribution in [3.8, 4) is 5.75 Å². The van der Waals surface area contributed by atoms with Gasteiger partial charge in [0.15, 0.2) is 5.78 Å². The molecule has 2 rings (SSSR count). The van der Waals surface area contributed by atoms with Gasteiger partial charge in [0.1, 0.15) is 18.1 Å². The van der Waals surface area contributed by atoms with Crippen molar-refractivity contribution in [3.63, 3.8) is 0 Å². The summed E-state index contributed by atoms with van der Waals surface area (Å²) in [5, 5.41) is 1.65. The third kappa shape index (κ3) is 3.19. The number of Topliss-reactive ketones (excluding diaryl/α,β-unsaturated/α-hetero) is 1. The summed E-state index contributed by atoms with van der Waals surface area (Å²) in [6, 6.07) is 4.81. The van der Waals surface area contributed by atoms with Gasteiger partial charge < -0.3 is 9.57 Å². The Balaban J connectivity index is 2.14. The lowest BCUT2D eigenvalue weighted by atomic mass is 10.1. The molecule has 0 radical (unpaired) electrons. The van der Waals surface area contributed by atoms with E-state index in [1.54, 1.807) is 23.3 Å². The molecule has 1 atom stereocenters. The summed E-state index contributed by atoms with van der Waals surface area (Å²) in [4.78, 5) is 28.0. The fraction of sp³-hybridized carbons (Fsp3) is 0.429. The number of morpholine rings is 1. The van der Waals surface area contributed by atoms with Crippen LogP contribution in [0.5, 0.6) is 5.75 Å².